The lowest BCUT2D eigenvalue weighted by Gasteiger charge is -2.01. The van der Waals surface area contributed by atoms with Crippen molar-refractivity contribution in [3.63, 3.8) is 0 Å². The van der Waals surface area contributed by atoms with E-state index in [0.29, 0.717) is 26.9 Å². The van der Waals surface area contributed by atoms with E-state index in [0.717, 1.165) is 5.56 Å². The van der Waals surface area contributed by atoms with Gasteiger partial charge in [-0.15, -0.1) is 0 Å². The highest BCUT2D eigenvalue weighted by Crippen LogP contribution is 2.27. The number of aromatic nitrogens is 2. The van der Waals surface area contributed by atoms with Crippen LogP contribution in [0, 0.1) is 18.6 Å². The first-order valence-corrected chi connectivity index (χ1v) is 6.45. The van der Waals surface area contributed by atoms with Crippen molar-refractivity contribution in [1.29, 1.82) is 0 Å². The Labute approximate surface area is 116 Å². The summed E-state index contributed by atoms with van der Waals surface area (Å²) >= 11 is 3.12. The number of aromatic amines is 1. The molecule has 19 heavy (non-hydrogen) atoms. The van der Waals surface area contributed by atoms with Crippen molar-refractivity contribution in [2.24, 2.45) is 0 Å². The van der Waals surface area contributed by atoms with Crippen LogP contribution in [0.25, 0.3) is 22.4 Å². The molecule has 0 bridgehead atoms. The number of benzene rings is 2. The van der Waals surface area contributed by atoms with Crippen LogP contribution in [0.3, 0.4) is 0 Å². The van der Waals surface area contributed by atoms with Gasteiger partial charge in [0.1, 0.15) is 17.5 Å². The molecule has 0 amide bonds. The van der Waals surface area contributed by atoms with Gasteiger partial charge >= 0.3 is 0 Å². The van der Waals surface area contributed by atoms with Crippen LogP contribution < -0.4 is 0 Å². The van der Waals surface area contributed by atoms with E-state index in [1.807, 2.05) is 6.92 Å². The molecule has 0 saturated heterocycles. The van der Waals surface area contributed by atoms with Crippen LogP contribution in [0.5, 0.6) is 0 Å². The number of H-pyrrole nitrogens is 1. The molecule has 1 N–H and O–H groups in total. The monoisotopic (exact) mass is 322 g/mol. The fourth-order valence-electron chi connectivity index (χ4n) is 1.98. The Kier molecular flexibility index (Phi) is 2.86. The van der Waals surface area contributed by atoms with Crippen LogP contribution in [0.1, 0.15) is 5.56 Å². The molecule has 1 heterocycles. The lowest BCUT2D eigenvalue weighted by atomic mass is 10.1. The van der Waals surface area contributed by atoms with Gasteiger partial charge in [0.05, 0.1) is 15.5 Å². The number of hydrogen-bond acceptors (Lipinski definition) is 1. The van der Waals surface area contributed by atoms with E-state index in [4.69, 9.17) is 0 Å². The van der Waals surface area contributed by atoms with Gasteiger partial charge in [-0.05, 0) is 46.6 Å². The minimum absolute atomic E-state index is 0.326. The van der Waals surface area contributed by atoms with Crippen molar-refractivity contribution in [3.05, 3.63) is 52.0 Å². The summed E-state index contributed by atoms with van der Waals surface area (Å²) < 4.78 is 27.1. The predicted molar refractivity (Wildman–Crippen MR) is 73.9 cm³/mol. The molecule has 0 unspecified atom stereocenters. The third kappa shape index (κ3) is 2.14. The van der Waals surface area contributed by atoms with Gasteiger partial charge in [0, 0.05) is 11.6 Å². The molecular formula is C14H9BrF2N2. The Bertz CT molecular complexity index is 741. The normalized spacial score (nSPS) is 11.2. The van der Waals surface area contributed by atoms with Crippen molar-refractivity contribution >= 4 is 27.0 Å². The zero-order valence-corrected chi connectivity index (χ0v) is 11.6. The fraction of sp³-hybridized carbons (Fsp3) is 0.0714. The number of aryl methyl sites for hydroxylation is 1. The van der Waals surface area contributed by atoms with Crippen molar-refractivity contribution in [1.82, 2.24) is 9.97 Å². The number of halogens is 3. The average molecular weight is 323 g/mol. The second kappa shape index (κ2) is 4.42. The average Bonchev–Trinajstić information content (AvgIpc) is 2.75. The Morgan fingerprint density at radius 1 is 1.16 bits per heavy atom. The van der Waals surface area contributed by atoms with E-state index in [9.17, 15) is 8.78 Å². The van der Waals surface area contributed by atoms with E-state index in [2.05, 4.69) is 25.9 Å². The molecule has 2 nitrogen and oxygen atoms in total. The van der Waals surface area contributed by atoms with Crippen LogP contribution in [0.4, 0.5) is 8.78 Å². The number of imidazole rings is 1. The molecule has 0 saturated carbocycles. The molecule has 2 aromatic carbocycles. The first-order chi connectivity index (χ1) is 9.04. The van der Waals surface area contributed by atoms with E-state index < -0.39 is 0 Å². The molecule has 3 rings (SSSR count). The second-order valence-electron chi connectivity index (χ2n) is 4.33. The fourth-order valence-corrected chi connectivity index (χ4v) is 2.31. The molecule has 3 aromatic rings. The van der Waals surface area contributed by atoms with Crippen molar-refractivity contribution < 1.29 is 8.78 Å². The summed E-state index contributed by atoms with van der Waals surface area (Å²) in [5.41, 5.74) is 2.79. The van der Waals surface area contributed by atoms with Gasteiger partial charge in [0.2, 0.25) is 0 Å². The number of nitrogens with one attached hydrogen (secondary N) is 1. The maximum Gasteiger partial charge on any atom is 0.139 e. The van der Waals surface area contributed by atoms with Crippen molar-refractivity contribution in [3.8, 4) is 11.4 Å². The predicted octanol–water partition coefficient (Wildman–Crippen LogP) is 4.58. The van der Waals surface area contributed by atoms with Crippen LogP contribution in [0.2, 0.25) is 0 Å². The second-order valence-corrected chi connectivity index (χ2v) is 5.18. The first kappa shape index (κ1) is 12.3. The highest BCUT2D eigenvalue weighted by molar-refractivity contribution is 9.10. The Morgan fingerprint density at radius 2 is 1.95 bits per heavy atom. The summed E-state index contributed by atoms with van der Waals surface area (Å²) in [7, 11) is 0. The summed E-state index contributed by atoms with van der Waals surface area (Å²) in [6.07, 6.45) is 0. The van der Waals surface area contributed by atoms with Crippen LogP contribution >= 0.6 is 15.9 Å². The molecule has 5 heteroatoms. The minimum atomic E-state index is -0.362. The summed E-state index contributed by atoms with van der Waals surface area (Å²) in [6.45, 7) is 1.87. The quantitative estimate of drug-likeness (QED) is 0.698. The highest BCUT2D eigenvalue weighted by Gasteiger charge is 2.11. The molecule has 1 aromatic heterocycles. The van der Waals surface area contributed by atoms with Crippen molar-refractivity contribution in [2.75, 3.05) is 0 Å². The standard InChI is InChI=1S/C14H9BrF2N2/c1-7-2-3-8(16)4-9(7)14-18-12-5-10(15)11(17)6-13(12)19-14/h2-6H,1H3,(H,18,19). The third-order valence-corrected chi connectivity index (χ3v) is 3.59. The van der Waals surface area contributed by atoms with Crippen LogP contribution in [-0.4, -0.2) is 9.97 Å². The molecule has 0 atom stereocenters. The number of nitrogens with zero attached hydrogens (tertiary/aromatic N) is 1. The van der Waals surface area contributed by atoms with Crippen molar-refractivity contribution in [2.45, 2.75) is 6.92 Å². The summed E-state index contributed by atoms with van der Waals surface area (Å²) in [4.78, 5) is 7.38. The maximum atomic E-state index is 13.4. The van der Waals surface area contributed by atoms with Crippen LogP contribution in [-0.2, 0) is 0 Å². The first-order valence-electron chi connectivity index (χ1n) is 5.66. The smallest absolute Gasteiger partial charge is 0.139 e. The molecule has 0 spiro atoms. The molecule has 0 radical (unpaired) electrons. The lowest BCUT2D eigenvalue weighted by Crippen LogP contribution is -1.87. The maximum absolute atomic E-state index is 13.4. The topological polar surface area (TPSA) is 28.7 Å². The number of fused-ring (bicyclic) bond motifs is 1. The van der Waals surface area contributed by atoms with Gasteiger partial charge in [-0.25, -0.2) is 13.8 Å². The van der Waals surface area contributed by atoms with Crippen LogP contribution in [0.15, 0.2) is 34.8 Å². The lowest BCUT2D eigenvalue weighted by molar-refractivity contribution is 0.623. The SMILES string of the molecule is Cc1ccc(F)cc1-c1nc2cc(Br)c(F)cc2[nH]1. The van der Waals surface area contributed by atoms with Gasteiger partial charge in [-0.2, -0.15) is 0 Å². The summed E-state index contributed by atoms with van der Waals surface area (Å²) in [5, 5.41) is 0. The van der Waals surface area contributed by atoms with E-state index in [-0.39, 0.29) is 11.6 Å². The van der Waals surface area contributed by atoms with Gasteiger partial charge in [0.15, 0.2) is 0 Å². The molecule has 96 valence electrons. The summed E-state index contributed by atoms with van der Waals surface area (Å²) in [5.74, 6) is -0.156. The Balaban J connectivity index is 2.23. The van der Waals surface area contributed by atoms with E-state index in [1.54, 1.807) is 12.1 Å². The molecular weight excluding hydrogens is 314 g/mol. The van der Waals surface area contributed by atoms with Gasteiger partial charge in [0.25, 0.3) is 0 Å². The molecule has 0 fully saturated rings. The zero-order chi connectivity index (χ0) is 13.6. The minimum Gasteiger partial charge on any atom is -0.338 e. The zero-order valence-electron chi connectivity index (χ0n) is 9.97. The van der Waals surface area contributed by atoms with E-state index >= 15 is 0 Å². The molecule has 0 aliphatic carbocycles. The van der Waals surface area contributed by atoms with Gasteiger partial charge in [-0.3, -0.25) is 0 Å². The Hall–Kier alpha value is -1.75. The summed E-state index contributed by atoms with van der Waals surface area (Å²) in [6, 6.07) is 7.47. The van der Waals surface area contributed by atoms with E-state index in [1.165, 1.54) is 18.2 Å². The largest absolute Gasteiger partial charge is 0.338 e. The third-order valence-electron chi connectivity index (χ3n) is 2.98. The number of rotatable bonds is 1. The van der Waals surface area contributed by atoms with Gasteiger partial charge < -0.3 is 4.98 Å². The Morgan fingerprint density at radius 3 is 2.74 bits per heavy atom. The number of hydrogen-bond donors (Lipinski definition) is 1. The van der Waals surface area contributed by atoms with Gasteiger partial charge in [-0.1, -0.05) is 6.07 Å². The molecule has 0 aliphatic heterocycles. The molecule has 0 aliphatic rings. The highest BCUT2D eigenvalue weighted by atomic mass is 79.9.